The maximum Gasteiger partial charge on any atom is 0.0575 e. The predicted molar refractivity (Wildman–Crippen MR) is 79.0 cm³/mol. The maximum absolute atomic E-state index is 5.99. The van der Waals surface area contributed by atoms with E-state index in [0.29, 0.717) is 6.10 Å². The lowest BCUT2D eigenvalue weighted by Gasteiger charge is -2.15. The van der Waals surface area contributed by atoms with E-state index in [1.807, 2.05) is 0 Å². The van der Waals surface area contributed by atoms with Crippen LogP contribution in [0, 0.1) is 5.92 Å². The molecule has 0 saturated heterocycles. The zero-order chi connectivity index (χ0) is 13.1. The fourth-order valence-electron chi connectivity index (χ4n) is 2.58. The summed E-state index contributed by atoms with van der Waals surface area (Å²) in [5.41, 5.74) is 0. The van der Waals surface area contributed by atoms with Crippen molar-refractivity contribution >= 4 is 0 Å². The van der Waals surface area contributed by atoms with Gasteiger partial charge in [-0.2, -0.15) is 0 Å². The van der Waals surface area contributed by atoms with Crippen molar-refractivity contribution in [3.05, 3.63) is 0 Å². The number of rotatable bonds is 9. The second-order valence-corrected chi connectivity index (χ2v) is 6.14. The van der Waals surface area contributed by atoms with Gasteiger partial charge in [0.1, 0.15) is 0 Å². The van der Waals surface area contributed by atoms with Crippen LogP contribution in [-0.4, -0.2) is 25.8 Å². The van der Waals surface area contributed by atoms with Crippen molar-refractivity contribution in [1.29, 1.82) is 0 Å². The second kappa shape index (κ2) is 10.8. The molecule has 1 saturated carbocycles. The summed E-state index contributed by atoms with van der Waals surface area (Å²) in [5.74, 6) is 0.767. The van der Waals surface area contributed by atoms with Gasteiger partial charge in [-0.05, 0) is 51.1 Å². The first-order valence-corrected chi connectivity index (χ1v) is 8.11. The van der Waals surface area contributed by atoms with Crippen molar-refractivity contribution in [2.24, 2.45) is 5.92 Å². The van der Waals surface area contributed by atoms with Gasteiger partial charge in [0.2, 0.25) is 0 Å². The van der Waals surface area contributed by atoms with E-state index >= 15 is 0 Å². The maximum atomic E-state index is 5.99. The van der Waals surface area contributed by atoms with E-state index in [1.165, 1.54) is 64.3 Å². The number of ether oxygens (including phenoxy) is 1. The van der Waals surface area contributed by atoms with Crippen molar-refractivity contribution in [3.8, 4) is 0 Å². The molecule has 1 aliphatic carbocycles. The molecule has 2 nitrogen and oxygen atoms in total. The van der Waals surface area contributed by atoms with E-state index in [1.54, 1.807) is 0 Å². The molecule has 0 bridgehead atoms. The van der Waals surface area contributed by atoms with Gasteiger partial charge in [0.25, 0.3) is 0 Å². The lowest BCUT2D eigenvalue weighted by molar-refractivity contribution is 0.0408. The third-order valence-electron chi connectivity index (χ3n) is 3.71. The Morgan fingerprint density at radius 3 is 2.39 bits per heavy atom. The number of hydrogen-bond donors (Lipinski definition) is 1. The van der Waals surface area contributed by atoms with E-state index in [2.05, 4.69) is 19.2 Å². The third kappa shape index (κ3) is 8.93. The van der Waals surface area contributed by atoms with Gasteiger partial charge in [-0.3, -0.25) is 0 Å². The Morgan fingerprint density at radius 2 is 1.72 bits per heavy atom. The van der Waals surface area contributed by atoms with E-state index in [0.717, 1.165) is 19.1 Å². The molecule has 0 atom stereocenters. The normalized spacial score (nSPS) is 18.2. The molecular formula is C16H33NO. The largest absolute Gasteiger partial charge is 0.378 e. The molecular weight excluding hydrogens is 222 g/mol. The lowest BCUT2D eigenvalue weighted by atomic mass is 10.1. The molecule has 0 aliphatic heterocycles. The van der Waals surface area contributed by atoms with E-state index < -0.39 is 0 Å². The van der Waals surface area contributed by atoms with Crippen LogP contribution in [-0.2, 0) is 4.74 Å². The molecule has 0 aromatic rings. The fourth-order valence-corrected chi connectivity index (χ4v) is 2.58. The van der Waals surface area contributed by atoms with Crippen LogP contribution in [0.5, 0.6) is 0 Å². The Hall–Kier alpha value is -0.0800. The van der Waals surface area contributed by atoms with Gasteiger partial charge in [0.05, 0.1) is 6.10 Å². The second-order valence-electron chi connectivity index (χ2n) is 6.14. The van der Waals surface area contributed by atoms with Gasteiger partial charge in [0.15, 0.2) is 0 Å². The first-order valence-electron chi connectivity index (χ1n) is 8.11. The Kier molecular flexibility index (Phi) is 9.59. The predicted octanol–water partition coefficient (Wildman–Crippen LogP) is 4.14. The minimum Gasteiger partial charge on any atom is -0.378 e. The van der Waals surface area contributed by atoms with Gasteiger partial charge in [-0.15, -0.1) is 0 Å². The van der Waals surface area contributed by atoms with Crippen molar-refractivity contribution in [3.63, 3.8) is 0 Å². The summed E-state index contributed by atoms with van der Waals surface area (Å²) in [5, 5.41) is 3.49. The molecule has 0 spiro atoms. The summed E-state index contributed by atoms with van der Waals surface area (Å²) >= 11 is 0. The zero-order valence-electron chi connectivity index (χ0n) is 12.5. The van der Waals surface area contributed by atoms with Crippen LogP contribution in [0.15, 0.2) is 0 Å². The average Bonchev–Trinajstić information content (AvgIpc) is 2.61. The molecule has 0 heterocycles. The first kappa shape index (κ1) is 16.0. The summed E-state index contributed by atoms with van der Waals surface area (Å²) in [6.07, 6.45) is 12.6. The highest BCUT2D eigenvalue weighted by molar-refractivity contribution is 4.64. The smallest absolute Gasteiger partial charge is 0.0575 e. The molecule has 0 aromatic heterocycles. The van der Waals surface area contributed by atoms with E-state index in [-0.39, 0.29) is 0 Å². The van der Waals surface area contributed by atoms with Gasteiger partial charge in [-0.1, -0.05) is 39.5 Å². The Bertz CT molecular complexity index is 174. The number of unbranched alkanes of at least 4 members (excludes halogenated alkanes) is 2. The van der Waals surface area contributed by atoms with Crippen molar-refractivity contribution < 1.29 is 4.74 Å². The molecule has 1 N–H and O–H groups in total. The van der Waals surface area contributed by atoms with Gasteiger partial charge >= 0.3 is 0 Å². The van der Waals surface area contributed by atoms with Crippen LogP contribution in [0.4, 0.5) is 0 Å². The van der Waals surface area contributed by atoms with E-state index in [4.69, 9.17) is 4.74 Å². The standard InChI is InChI=1S/C16H33NO/c1-15(2)14-17-12-8-5-9-13-18-16-10-6-3-4-7-11-16/h15-17H,3-14H2,1-2H3. The van der Waals surface area contributed by atoms with Crippen LogP contribution in [0.3, 0.4) is 0 Å². The molecule has 0 radical (unpaired) electrons. The average molecular weight is 255 g/mol. The van der Waals surface area contributed by atoms with Gasteiger partial charge in [0, 0.05) is 6.61 Å². The summed E-state index contributed by atoms with van der Waals surface area (Å²) in [7, 11) is 0. The highest BCUT2D eigenvalue weighted by Gasteiger charge is 2.11. The van der Waals surface area contributed by atoms with Crippen molar-refractivity contribution in [2.75, 3.05) is 19.7 Å². The van der Waals surface area contributed by atoms with Gasteiger partial charge < -0.3 is 10.1 Å². The van der Waals surface area contributed by atoms with Crippen LogP contribution < -0.4 is 5.32 Å². The topological polar surface area (TPSA) is 21.3 Å². The van der Waals surface area contributed by atoms with Crippen LogP contribution in [0.1, 0.15) is 71.6 Å². The summed E-state index contributed by atoms with van der Waals surface area (Å²) in [4.78, 5) is 0. The highest BCUT2D eigenvalue weighted by atomic mass is 16.5. The lowest BCUT2D eigenvalue weighted by Crippen LogP contribution is -2.20. The minimum atomic E-state index is 0.576. The van der Waals surface area contributed by atoms with Crippen LogP contribution in [0.2, 0.25) is 0 Å². The molecule has 0 aromatic carbocycles. The van der Waals surface area contributed by atoms with Gasteiger partial charge in [-0.25, -0.2) is 0 Å². The third-order valence-corrected chi connectivity index (χ3v) is 3.71. The molecule has 108 valence electrons. The number of nitrogens with one attached hydrogen (secondary N) is 1. The van der Waals surface area contributed by atoms with Crippen molar-refractivity contribution in [2.45, 2.75) is 77.7 Å². The summed E-state index contributed by atoms with van der Waals surface area (Å²) in [6.45, 7) is 7.82. The van der Waals surface area contributed by atoms with Crippen LogP contribution in [0.25, 0.3) is 0 Å². The molecule has 1 aliphatic rings. The molecule has 1 rings (SSSR count). The highest BCUT2D eigenvalue weighted by Crippen LogP contribution is 2.19. The van der Waals surface area contributed by atoms with Crippen LogP contribution >= 0.6 is 0 Å². The fraction of sp³-hybridized carbons (Fsp3) is 1.00. The zero-order valence-corrected chi connectivity index (χ0v) is 12.5. The summed E-state index contributed by atoms with van der Waals surface area (Å²) < 4.78 is 5.99. The first-order chi connectivity index (χ1) is 8.79. The molecule has 1 fully saturated rings. The Morgan fingerprint density at radius 1 is 1.00 bits per heavy atom. The summed E-state index contributed by atoms with van der Waals surface area (Å²) in [6, 6.07) is 0. The van der Waals surface area contributed by atoms with Crippen molar-refractivity contribution in [1.82, 2.24) is 5.32 Å². The Balaban J connectivity index is 1.83. The van der Waals surface area contributed by atoms with E-state index in [9.17, 15) is 0 Å². The SMILES string of the molecule is CC(C)CNCCCCCOC1CCCCCC1. The quantitative estimate of drug-likeness (QED) is 0.494. The minimum absolute atomic E-state index is 0.576. The molecule has 18 heavy (non-hydrogen) atoms. The Labute approximate surface area is 114 Å². The molecule has 0 amide bonds. The number of hydrogen-bond acceptors (Lipinski definition) is 2. The molecule has 2 heteroatoms. The molecule has 0 unspecified atom stereocenters. The monoisotopic (exact) mass is 255 g/mol.